The summed E-state index contributed by atoms with van der Waals surface area (Å²) in [6.07, 6.45) is 0.678. The van der Waals surface area contributed by atoms with E-state index in [1.807, 2.05) is 49.4 Å². The fraction of sp³-hybridized carbons (Fsp3) is 0.150. The van der Waals surface area contributed by atoms with E-state index in [9.17, 15) is 4.79 Å². The van der Waals surface area contributed by atoms with Crippen LogP contribution in [0.2, 0.25) is 0 Å². The van der Waals surface area contributed by atoms with Gasteiger partial charge in [-0.3, -0.25) is 14.4 Å². The van der Waals surface area contributed by atoms with Crippen LogP contribution >= 0.6 is 0 Å². The van der Waals surface area contributed by atoms with Gasteiger partial charge in [-0.25, -0.2) is 4.98 Å². The monoisotopic (exact) mass is 315 g/mol. The molecule has 0 saturated carbocycles. The number of hydrogen-bond acceptors (Lipinski definition) is 3. The van der Waals surface area contributed by atoms with E-state index >= 15 is 0 Å². The van der Waals surface area contributed by atoms with Crippen LogP contribution in [0.1, 0.15) is 24.7 Å². The second-order valence-corrected chi connectivity index (χ2v) is 5.87. The Morgan fingerprint density at radius 1 is 1.04 bits per heavy atom. The fourth-order valence-electron chi connectivity index (χ4n) is 3.28. The average molecular weight is 315 g/mol. The van der Waals surface area contributed by atoms with Crippen LogP contribution in [-0.2, 0) is 0 Å². The van der Waals surface area contributed by atoms with Crippen LogP contribution in [0.25, 0.3) is 22.2 Å². The van der Waals surface area contributed by atoms with Crippen LogP contribution in [0.4, 0.5) is 0 Å². The zero-order valence-corrected chi connectivity index (χ0v) is 13.7. The first-order valence-electron chi connectivity index (χ1n) is 7.94. The van der Waals surface area contributed by atoms with Crippen molar-refractivity contribution in [3.8, 4) is 0 Å². The molecule has 1 aliphatic rings. The molecule has 1 aliphatic heterocycles. The molecule has 0 atom stereocenters. The average Bonchev–Trinajstić information content (AvgIpc) is 2.63. The van der Waals surface area contributed by atoms with Crippen LogP contribution in [-0.4, -0.2) is 22.3 Å². The number of nitrogens with zero attached hydrogens (tertiary/aromatic N) is 3. The Bertz CT molecular complexity index is 1060. The topological polar surface area (TPSA) is 47.2 Å². The Morgan fingerprint density at radius 2 is 1.75 bits per heavy atom. The largest absolute Gasteiger partial charge is 0.289 e. The summed E-state index contributed by atoms with van der Waals surface area (Å²) in [6.45, 7) is 1.98. The number of allylic oxidation sites excluding steroid dienone is 2. The van der Waals surface area contributed by atoms with Gasteiger partial charge in [0.25, 0.3) is 5.56 Å². The summed E-state index contributed by atoms with van der Waals surface area (Å²) < 4.78 is 1.70. The summed E-state index contributed by atoms with van der Waals surface area (Å²) in [4.78, 5) is 22.2. The standard InChI is InChI=1S/C20H17N3O/c1-13-16(14-8-4-3-5-9-14)12-18(21-2)19-22-17-11-7-6-10-15(17)20(24)23(13)19/h3-11H,12H2,1-2H3. The maximum Gasteiger partial charge on any atom is 0.266 e. The summed E-state index contributed by atoms with van der Waals surface area (Å²) in [5.74, 6) is 0.651. The van der Waals surface area contributed by atoms with Gasteiger partial charge in [0.05, 0.1) is 16.6 Å². The molecule has 0 radical (unpaired) electrons. The first kappa shape index (κ1) is 14.6. The number of fused-ring (bicyclic) bond motifs is 2. The van der Waals surface area contributed by atoms with Gasteiger partial charge in [-0.2, -0.15) is 0 Å². The molecule has 0 aliphatic carbocycles. The summed E-state index contributed by atoms with van der Waals surface area (Å²) in [7, 11) is 1.75. The van der Waals surface area contributed by atoms with Crippen molar-refractivity contribution in [1.29, 1.82) is 0 Å². The van der Waals surface area contributed by atoms with Gasteiger partial charge in [0.1, 0.15) is 0 Å². The quantitative estimate of drug-likeness (QED) is 0.689. The molecule has 4 heteroatoms. The lowest BCUT2D eigenvalue weighted by Crippen LogP contribution is -2.30. The van der Waals surface area contributed by atoms with Crippen molar-refractivity contribution in [2.24, 2.45) is 4.99 Å². The molecule has 0 bridgehead atoms. The normalized spacial score (nSPS) is 15.8. The summed E-state index contributed by atoms with van der Waals surface area (Å²) in [5, 5.41) is 0.630. The van der Waals surface area contributed by atoms with E-state index in [1.165, 1.54) is 0 Å². The van der Waals surface area contributed by atoms with Crippen molar-refractivity contribution in [2.45, 2.75) is 13.3 Å². The second kappa shape index (κ2) is 5.57. The van der Waals surface area contributed by atoms with Gasteiger partial charge in [-0.05, 0) is 30.2 Å². The molecule has 4 rings (SSSR count). The third kappa shape index (κ3) is 2.11. The third-order valence-corrected chi connectivity index (χ3v) is 4.54. The van der Waals surface area contributed by atoms with Crippen LogP contribution < -0.4 is 5.56 Å². The molecule has 0 amide bonds. The van der Waals surface area contributed by atoms with Crippen LogP contribution in [0.5, 0.6) is 0 Å². The number of rotatable bonds is 1. The number of benzene rings is 2. The maximum atomic E-state index is 13.1. The molecule has 0 saturated heterocycles. The molecule has 2 heterocycles. The SMILES string of the molecule is CN=C1CC(c2ccccc2)=C(C)n2c1nc1ccccc1c2=O. The Labute approximate surface area is 139 Å². The Kier molecular flexibility index (Phi) is 3.38. The highest BCUT2D eigenvalue weighted by molar-refractivity contribution is 6.10. The lowest BCUT2D eigenvalue weighted by molar-refractivity contribution is 0.935. The van der Waals surface area contributed by atoms with Gasteiger partial charge in [0, 0.05) is 19.2 Å². The van der Waals surface area contributed by atoms with E-state index in [-0.39, 0.29) is 5.56 Å². The molecule has 0 spiro atoms. The van der Waals surface area contributed by atoms with Crippen molar-refractivity contribution in [2.75, 3.05) is 7.05 Å². The van der Waals surface area contributed by atoms with Crippen LogP contribution in [0.15, 0.2) is 64.4 Å². The minimum atomic E-state index is -0.0395. The predicted octanol–water partition coefficient (Wildman–Crippen LogP) is 3.61. The predicted molar refractivity (Wildman–Crippen MR) is 98.3 cm³/mol. The fourth-order valence-corrected chi connectivity index (χ4v) is 3.28. The third-order valence-electron chi connectivity index (χ3n) is 4.54. The van der Waals surface area contributed by atoms with Gasteiger partial charge < -0.3 is 0 Å². The molecule has 2 aromatic carbocycles. The van der Waals surface area contributed by atoms with E-state index in [4.69, 9.17) is 4.98 Å². The lowest BCUT2D eigenvalue weighted by atomic mass is 9.94. The Hall–Kier alpha value is -3.01. The molecule has 0 fully saturated rings. The second-order valence-electron chi connectivity index (χ2n) is 5.87. The number of aliphatic imine (C=N–C) groups is 1. The summed E-state index contributed by atoms with van der Waals surface area (Å²) in [6, 6.07) is 17.6. The molecule has 24 heavy (non-hydrogen) atoms. The van der Waals surface area contributed by atoms with Crippen molar-refractivity contribution in [3.05, 3.63) is 76.3 Å². The van der Waals surface area contributed by atoms with E-state index < -0.39 is 0 Å². The summed E-state index contributed by atoms with van der Waals surface area (Å²) in [5.41, 5.74) is 4.66. The molecular weight excluding hydrogens is 298 g/mol. The van der Waals surface area contributed by atoms with Gasteiger partial charge in [0.15, 0.2) is 5.82 Å². The highest BCUT2D eigenvalue weighted by Gasteiger charge is 2.25. The first-order chi connectivity index (χ1) is 11.7. The zero-order chi connectivity index (χ0) is 16.7. The van der Waals surface area contributed by atoms with Crippen molar-refractivity contribution >= 4 is 27.9 Å². The van der Waals surface area contributed by atoms with Crippen molar-refractivity contribution in [3.63, 3.8) is 0 Å². The molecule has 0 unspecified atom stereocenters. The maximum absolute atomic E-state index is 13.1. The highest BCUT2D eigenvalue weighted by Crippen LogP contribution is 2.31. The van der Waals surface area contributed by atoms with Gasteiger partial charge in [-0.15, -0.1) is 0 Å². The van der Waals surface area contributed by atoms with Crippen LogP contribution in [0.3, 0.4) is 0 Å². The minimum Gasteiger partial charge on any atom is -0.289 e. The lowest BCUT2D eigenvalue weighted by Gasteiger charge is -2.24. The molecule has 4 nitrogen and oxygen atoms in total. The first-order valence-corrected chi connectivity index (χ1v) is 7.94. The highest BCUT2D eigenvalue weighted by atomic mass is 16.1. The Morgan fingerprint density at radius 3 is 2.50 bits per heavy atom. The smallest absolute Gasteiger partial charge is 0.266 e. The molecule has 0 N–H and O–H groups in total. The summed E-state index contributed by atoms with van der Waals surface area (Å²) >= 11 is 0. The zero-order valence-electron chi connectivity index (χ0n) is 13.7. The van der Waals surface area contributed by atoms with E-state index in [1.54, 1.807) is 11.6 Å². The molecule has 1 aromatic heterocycles. The molecule has 3 aromatic rings. The van der Waals surface area contributed by atoms with Gasteiger partial charge >= 0.3 is 0 Å². The van der Waals surface area contributed by atoms with E-state index in [0.717, 1.165) is 22.5 Å². The minimum absolute atomic E-state index is 0.0395. The molecular formula is C20H17N3O. The molecule has 118 valence electrons. The van der Waals surface area contributed by atoms with E-state index in [2.05, 4.69) is 17.1 Å². The van der Waals surface area contributed by atoms with Crippen molar-refractivity contribution in [1.82, 2.24) is 9.55 Å². The van der Waals surface area contributed by atoms with Crippen LogP contribution in [0, 0.1) is 0 Å². The van der Waals surface area contributed by atoms with Crippen molar-refractivity contribution < 1.29 is 0 Å². The van der Waals surface area contributed by atoms with E-state index in [0.29, 0.717) is 23.1 Å². The number of para-hydroxylation sites is 1. The number of aromatic nitrogens is 2. The Balaban J connectivity index is 2.09. The number of hydrogen-bond donors (Lipinski definition) is 0. The van der Waals surface area contributed by atoms with Gasteiger partial charge in [-0.1, -0.05) is 42.5 Å². The van der Waals surface area contributed by atoms with Gasteiger partial charge in [0.2, 0.25) is 0 Å².